The van der Waals surface area contributed by atoms with E-state index < -0.39 is 15.3 Å². The van der Waals surface area contributed by atoms with Crippen LogP contribution in [0.1, 0.15) is 0 Å². The normalized spacial score (nSPS) is 11.1. The molecule has 3 rings (SSSR count). The van der Waals surface area contributed by atoms with E-state index in [-0.39, 0.29) is 0 Å². The summed E-state index contributed by atoms with van der Waals surface area (Å²) in [5, 5.41) is 0. The summed E-state index contributed by atoms with van der Waals surface area (Å²) in [5.41, 5.74) is 0. The van der Waals surface area contributed by atoms with Crippen molar-refractivity contribution >= 4 is 15.3 Å². The molecule has 0 saturated heterocycles. The van der Waals surface area contributed by atoms with Gasteiger partial charge in [0, 0.05) is 0 Å². The van der Waals surface area contributed by atoms with Crippen LogP contribution in [0.2, 0.25) is 0 Å². The van der Waals surface area contributed by atoms with Crippen LogP contribution in [0, 0.1) is 0 Å². The molecule has 0 spiro atoms. The van der Waals surface area contributed by atoms with Crippen LogP contribution in [0.15, 0.2) is 73.6 Å². The second kappa shape index (κ2) is 4.11. The van der Waals surface area contributed by atoms with E-state index in [9.17, 15) is 0 Å². The number of nitrogens with zero attached hydrogens (tertiary/aromatic N) is 3. The molecule has 0 aliphatic carbocycles. The summed E-state index contributed by atoms with van der Waals surface area (Å²) >= 11 is -1.49. The van der Waals surface area contributed by atoms with Crippen LogP contribution in [0.25, 0.3) is 0 Å². The molecule has 0 unspecified atom stereocenters. The molecule has 0 aliphatic heterocycles. The van der Waals surface area contributed by atoms with E-state index in [2.05, 4.69) is 84.0 Å². The monoisotopic (exact) mass is 273 g/mol. The molecule has 0 bridgehead atoms. The average molecular weight is 273 g/mol. The summed E-state index contributed by atoms with van der Waals surface area (Å²) in [6, 6.07) is 12.5. The van der Waals surface area contributed by atoms with Gasteiger partial charge in [0.2, 0.25) is 0 Å². The SMILES string of the molecule is c1ccn([As](n2cccc2)n2cccc2)c1. The molecule has 0 radical (unpaired) electrons. The van der Waals surface area contributed by atoms with Gasteiger partial charge < -0.3 is 0 Å². The Kier molecular flexibility index (Phi) is 2.47. The molecule has 0 fully saturated rings. The Morgan fingerprint density at radius 2 is 0.688 bits per heavy atom. The number of aromatic nitrogens is 3. The summed E-state index contributed by atoms with van der Waals surface area (Å²) in [4.78, 5) is 0. The van der Waals surface area contributed by atoms with Crippen LogP contribution >= 0.6 is 0 Å². The van der Waals surface area contributed by atoms with E-state index in [0.29, 0.717) is 0 Å². The molecule has 0 aliphatic rings. The zero-order chi connectivity index (χ0) is 10.8. The van der Waals surface area contributed by atoms with E-state index >= 15 is 0 Å². The van der Waals surface area contributed by atoms with E-state index in [1.165, 1.54) is 0 Å². The molecular weight excluding hydrogens is 261 g/mol. The van der Waals surface area contributed by atoms with Gasteiger partial charge in [-0.15, -0.1) is 0 Å². The maximum atomic E-state index is 2.31. The summed E-state index contributed by atoms with van der Waals surface area (Å²) < 4.78 is 6.94. The van der Waals surface area contributed by atoms with Crippen LogP contribution in [0.4, 0.5) is 0 Å². The van der Waals surface area contributed by atoms with Crippen molar-refractivity contribution in [2.75, 3.05) is 0 Å². The first-order valence-corrected chi connectivity index (χ1v) is 7.67. The number of rotatable bonds is 3. The van der Waals surface area contributed by atoms with Crippen LogP contribution in [0.3, 0.4) is 0 Å². The molecule has 80 valence electrons. The summed E-state index contributed by atoms with van der Waals surface area (Å²) in [6.45, 7) is 0. The molecule has 4 heteroatoms. The number of hydrogen-bond acceptors (Lipinski definition) is 0. The van der Waals surface area contributed by atoms with E-state index in [4.69, 9.17) is 0 Å². The van der Waals surface area contributed by atoms with E-state index in [1.54, 1.807) is 0 Å². The Bertz CT molecular complexity index is 441. The fourth-order valence-electron chi connectivity index (χ4n) is 1.69. The molecule has 0 saturated carbocycles. The molecule has 0 amide bonds. The van der Waals surface area contributed by atoms with Gasteiger partial charge in [0.1, 0.15) is 0 Å². The molecule has 0 aromatic carbocycles. The fourth-order valence-corrected chi connectivity index (χ4v) is 5.66. The third kappa shape index (κ3) is 1.63. The first-order valence-electron chi connectivity index (χ1n) is 5.15. The summed E-state index contributed by atoms with van der Waals surface area (Å²) in [7, 11) is 0. The van der Waals surface area contributed by atoms with E-state index in [1.807, 2.05) is 0 Å². The Hall–Kier alpha value is -1.60. The Balaban J connectivity index is 2.09. The van der Waals surface area contributed by atoms with Gasteiger partial charge in [0.25, 0.3) is 0 Å². The van der Waals surface area contributed by atoms with Crippen molar-refractivity contribution in [1.82, 2.24) is 10.5 Å². The second-order valence-electron chi connectivity index (χ2n) is 3.46. The second-order valence-corrected chi connectivity index (χ2v) is 7.49. The Morgan fingerprint density at radius 1 is 0.438 bits per heavy atom. The fraction of sp³-hybridized carbons (Fsp3) is 0. The van der Waals surface area contributed by atoms with Crippen molar-refractivity contribution in [2.45, 2.75) is 0 Å². The predicted molar refractivity (Wildman–Crippen MR) is 65.2 cm³/mol. The quantitative estimate of drug-likeness (QED) is 0.649. The van der Waals surface area contributed by atoms with Crippen LogP contribution in [0.5, 0.6) is 0 Å². The first-order chi connectivity index (χ1) is 7.95. The van der Waals surface area contributed by atoms with E-state index in [0.717, 1.165) is 0 Å². The molecule has 3 nitrogen and oxygen atoms in total. The summed E-state index contributed by atoms with van der Waals surface area (Å²) in [6.07, 6.45) is 12.8. The van der Waals surface area contributed by atoms with Gasteiger partial charge in [-0.3, -0.25) is 0 Å². The minimum atomic E-state index is -1.49. The van der Waals surface area contributed by atoms with Gasteiger partial charge in [0.15, 0.2) is 0 Å². The standard InChI is InChI=1S/C12H12AsN3/c1-2-8-14(7-1)13(15-9-3-4-10-15)16-11-5-6-12-16/h1-12H. The molecule has 16 heavy (non-hydrogen) atoms. The van der Waals surface area contributed by atoms with Crippen molar-refractivity contribution in [3.05, 3.63) is 73.6 Å². The molecular formula is C12H12AsN3. The number of hydrogen-bond donors (Lipinski definition) is 0. The van der Waals surface area contributed by atoms with Crippen molar-refractivity contribution < 1.29 is 0 Å². The third-order valence-electron chi connectivity index (χ3n) is 2.39. The van der Waals surface area contributed by atoms with Gasteiger partial charge in [-0.2, -0.15) is 0 Å². The molecule has 3 heterocycles. The van der Waals surface area contributed by atoms with Crippen molar-refractivity contribution in [3.63, 3.8) is 0 Å². The van der Waals surface area contributed by atoms with Gasteiger partial charge in [0.05, 0.1) is 0 Å². The molecule has 3 aromatic heterocycles. The predicted octanol–water partition coefficient (Wildman–Crippen LogP) is 2.02. The van der Waals surface area contributed by atoms with Crippen molar-refractivity contribution in [3.8, 4) is 0 Å². The summed E-state index contributed by atoms with van der Waals surface area (Å²) in [5.74, 6) is 0. The van der Waals surface area contributed by atoms with Crippen molar-refractivity contribution in [2.24, 2.45) is 0 Å². The Labute approximate surface area is 99.5 Å². The van der Waals surface area contributed by atoms with Crippen molar-refractivity contribution in [1.29, 1.82) is 0 Å². The van der Waals surface area contributed by atoms with Crippen LogP contribution in [-0.2, 0) is 0 Å². The average Bonchev–Trinajstić information content (AvgIpc) is 3.02. The molecule has 0 atom stereocenters. The Morgan fingerprint density at radius 3 is 0.938 bits per heavy atom. The maximum absolute atomic E-state index is 2.31. The first kappa shape index (κ1) is 9.61. The van der Waals surface area contributed by atoms with Crippen LogP contribution < -0.4 is 0 Å². The molecule has 0 N–H and O–H groups in total. The van der Waals surface area contributed by atoms with Gasteiger partial charge in [-0.1, -0.05) is 0 Å². The minimum absolute atomic E-state index is 1.49. The topological polar surface area (TPSA) is 14.8 Å². The third-order valence-corrected chi connectivity index (χ3v) is 6.66. The molecule has 3 aromatic rings. The zero-order valence-corrected chi connectivity index (χ0v) is 10.6. The van der Waals surface area contributed by atoms with Gasteiger partial charge in [-0.05, 0) is 0 Å². The van der Waals surface area contributed by atoms with Gasteiger partial charge >= 0.3 is 99.4 Å². The zero-order valence-electron chi connectivity index (χ0n) is 8.72. The van der Waals surface area contributed by atoms with Crippen LogP contribution in [-0.4, -0.2) is 25.8 Å². The van der Waals surface area contributed by atoms with Gasteiger partial charge in [-0.25, -0.2) is 0 Å².